The molecular weight excluding hydrogens is 607 g/mol. The molecule has 1 aliphatic heterocycles. The minimum absolute atomic E-state index is 0. The quantitative estimate of drug-likeness (QED) is 0.244. The van der Waals surface area contributed by atoms with Gasteiger partial charge in [0.1, 0.15) is 17.1 Å². The number of phenolic OH excluding ortho intramolecular Hbond substituents is 1. The van der Waals surface area contributed by atoms with Gasteiger partial charge in [-0.1, -0.05) is 72.6 Å². The Balaban J connectivity index is 0.00000512. The zero-order valence-electron chi connectivity index (χ0n) is 22.4. The van der Waals surface area contributed by atoms with Crippen molar-refractivity contribution in [3.05, 3.63) is 22.3 Å². The van der Waals surface area contributed by atoms with Crippen molar-refractivity contribution in [2.45, 2.75) is 132 Å². The normalized spacial score (nSPS) is 19.8. The Kier molecular flexibility index (Phi) is 13.2. The van der Waals surface area contributed by atoms with Crippen molar-refractivity contribution in [2.24, 2.45) is 17.8 Å². The van der Waals surface area contributed by atoms with Crippen molar-refractivity contribution < 1.29 is 53.9 Å². The van der Waals surface area contributed by atoms with E-state index < -0.39 is 0 Å². The largest absolute Gasteiger partial charge is 0.507 e. The fraction of sp³-hybridized carbons (Fsp3) is 0.793. The van der Waals surface area contributed by atoms with Crippen molar-refractivity contribution in [1.82, 2.24) is 0 Å². The Labute approximate surface area is 235 Å². The molecule has 0 bridgehead atoms. The standard InChI is InChI=1S/C29H50O2.Ac/c1-20(2)12-9-13-21(3)14-10-15-22(4)16-11-18-29(8)19-17-26-25(7)27(30)23(5)24(6)28(26)31-29;/h20-22,30H,9-19H2,1-8H3;. The summed E-state index contributed by atoms with van der Waals surface area (Å²) in [5.74, 6) is 4.04. The maximum absolute atomic E-state index is 10.4. The molecule has 0 aliphatic carbocycles. The third kappa shape index (κ3) is 8.80. The van der Waals surface area contributed by atoms with E-state index in [1.54, 1.807) is 0 Å². The van der Waals surface area contributed by atoms with Crippen LogP contribution in [0.5, 0.6) is 11.5 Å². The van der Waals surface area contributed by atoms with E-state index >= 15 is 0 Å². The van der Waals surface area contributed by atoms with Crippen LogP contribution in [0.1, 0.15) is 121 Å². The number of phenols is 1. The maximum Gasteiger partial charge on any atom is 0.127 e. The Morgan fingerprint density at radius 3 is 1.91 bits per heavy atom. The van der Waals surface area contributed by atoms with Gasteiger partial charge in [-0.2, -0.15) is 0 Å². The van der Waals surface area contributed by atoms with Crippen LogP contribution in [0.3, 0.4) is 0 Å². The van der Waals surface area contributed by atoms with Gasteiger partial charge in [-0.25, -0.2) is 0 Å². The average Bonchev–Trinajstić information content (AvgIpc) is 2.70. The molecule has 3 heteroatoms. The monoisotopic (exact) mass is 657 g/mol. The van der Waals surface area contributed by atoms with Crippen molar-refractivity contribution >= 4 is 0 Å². The molecule has 0 saturated carbocycles. The molecule has 181 valence electrons. The summed E-state index contributed by atoms with van der Waals surface area (Å²) in [5.41, 5.74) is 4.23. The summed E-state index contributed by atoms with van der Waals surface area (Å²) in [5, 5.41) is 10.4. The maximum atomic E-state index is 10.4. The van der Waals surface area contributed by atoms with Gasteiger partial charge in [0, 0.05) is 49.6 Å². The Morgan fingerprint density at radius 2 is 1.34 bits per heavy atom. The van der Waals surface area contributed by atoms with Crippen LogP contribution < -0.4 is 4.74 Å². The molecular formula is C29H50AcO2. The molecule has 0 aromatic heterocycles. The summed E-state index contributed by atoms with van der Waals surface area (Å²) < 4.78 is 6.60. The number of fused-ring (bicyclic) bond motifs is 1. The molecule has 1 heterocycles. The van der Waals surface area contributed by atoms with Gasteiger partial charge >= 0.3 is 0 Å². The first-order valence-electron chi connectivity index (χ1n) is 13.0. The molecule has 1 aromatic carbocycles. The first kappa shape index (κ1) is 30.3. The Bertz CT molecular complexity index is 712. The predicted octanol–water partition coefficient (Wildman–Crippen LogP) is 8.84. The smallest absolute Gasteiger partial charge is 0.127 e. The van der Waals surface area contributed by atoms with E-state index in [2.05, 4.69) is 41.5 Å². The van der Waals surface area contributed by atoms with Gasteiger partial charge in [0.15, 0.2) is 0 Å². The van der Waals surface area contributed by atoms with E-state index in [4.69, 9.17) is 4.74 Å². The third-order valence-corrected chi connectivity index (χ3v) is 7.87. The number of ether oxygens (including phenoxy) is 1. The van der Waals surface area contributed by atoms with Gasteiger partial charge in [0.05, 0.1) is 0 Å². The third-order valence-electron chi connectivity index (χ3n) is 7.87. The molecule has 1 aromatic rings. The second-order valence-electron chi connectivity index (χ2n) is 11.4. The second-order valence-corrected chi connectivity index (χ2v) is 11.4. The summed E-state index contributed by atoms with van der Waals surface area (Å²) >= 11 is 0. The van der Waals surface area contributed by atoms with E-state index in [9.17, 15) is 5.11 Å². The van der Waals surface area contributed by atoms with Gasteiger partial charge < -0.3 is 9.84 Å². The Hall–Kier alpha value is 0.262. The molecule has 1 aliphatic rings. The van der Waals surface area contributed by atoms with Gasteiger partial charge in [0.2, 0.25) is 0 Å². The van der Waals surface area contributed by atoms with Crippen LogP contribution >= 0.6 is 0 Å². The van der Waals surface area contributed by atoms with Crippen molar-refractivity contribution in [1.29, 1.82) is 0 Å². The topological polar surface area (TPSA) is 29.5 Å². The Morgan fingerprint density at radius 1 is 0.812 bits per heavy atom. The number of hydrogen-bond donors (Lipinski definition) is 1. The molecule has 2 nitrogen and oxygen atoms in total. The van der Waals surface area contributed by atoms with Gasteiger partial charge in [-0.15, -0.1) is 0 Å². The van der Waals surface area contributed by atoms with Gasteiger partial charge in [-0.3, -0.25) is 0 Å². The predicted molar refractivity (Wildman–Crippen MR) is 134 cm³/mol. The van der Waals surface area contributed by atoms with Crippen molar-refractivity contribution in [3.8, 4) is 11.5 Å². The molecule has 32 heavy (non-hydrogen) atoms. The van der Waals surface area contributed by atoms with Crippen LogP contribution in [0.4, 0.5) is 0 Å². The summed E-state index contributed by atoms with van der Waals surface area (Å²) in [4.78, 5) is 0. The minimum atomic E-state index is -0.0712. The first-order chi connectivity index (χ1) is 14.5. The van der Waals surface area contributed by atoms with Crippen molar-refractivity contribution in [2.75, 3.05) is 0 Å². The molecule has 0 amide bonds. The van der Waals surface area contributed by atoms with Crippen LogP contribution in [-0.2, 0) is 6.42 Å². The fourth-order valence-electron chi connectivity index (χ4n) is 5.27. The molecule has 0 fully saturated rings. The number of aromatic hydroxyl groups is 1. The van der Waals surface area contributed by atoms with E-state index in [1.165, 1.54) is 56.9 Å². The summed E-state index contributed by atoms with van der Waals surface area (Å²) in [6, 6.07) is 0. The van der Waals surface area contributed by atoms with Gasteiger partial charge in [-0.05, 0) is 87.8 Å². The first-order valence-corrected chi connectivity index (χ1v) is 13.0. The number of benzene rings is 1. The molecule has 0 spiro atoms. The molecule has 2 rings (SSSR count). The SMILES string of the molecule is Cc1c(C)c2c(c(C)c1O)CCC(C)(CCCC(C)CCCC(C)CCCC(C)C)O2.[Ac]. The van der Waals surface area contributed by atoms with Crippen LogP contribution in [0.2, 0.25) is 0 Å². The summed E-state index contributed by atoms with van der Waals surface area (Å²) in [7, 11) is 0. The minimum Gasteiger partial charge on any atom is -0.507 e. The molecule has 1 radical (unpaired) electrons. The van der Waals surface area contributed by atoms with E-state index in [1.807, 2.05) is 13.8 Å². The zero-order valence-corrected chi connectivity index (χ0v) is 27.2. The molecule has 3 unspecified atom stereocenters. The molecule has 3 atom stereocenters. The van der Waals surface area contributed by atoms with Gasteiger partial charge in [0.25, 0.3) is 0 Å². The van der Waals surface area contributed by atoms with Crippen LogP contribution in [0, 0.1) is 82.6 Å². The fourth-order valence-corrected chi connectivity index (χ4v) is 5.27. The molecule has 0 saturated heterocycles. The summed E-state index contributed by atoms with van der Waals surface area (Å²) in [6.45, 7) is 17.9. The van der Waals surface area contributed by atoms with E-state index in [0.717, 1.165) is 59.5 Å². The number of hydrogen-bond acceptors (Lipinski definition) is 2. The second kappa shape index (κ2) is 14.0. The van der Waals surface area contributed by atoms with Crippen LogP contribution in [0.15, 0.2) is 0 Å². The van der Waals surface area contributed by atoms with E-state index in [-0.39, 0.29) is 49.7 Å². The zero-order chi connectivity index (χ0) is 23.2. The summed E-state index contributed by atoms with van der Waals surface area (Å²) in [6.07, 6.45) is 14.1. The number of rotatable bonds is 12. The molecule has 1 N–H and O–H groups in total. The van der Waals surface area contributed by atoms with Crippen molar-refractivity contribution in [3.63, 3.8) is 0 Å². The van der Waals surface area contributed by atoms with Crippen LogP contribution in [0.25, 0.3) is 0 Å². The average molecular weight is 658 g/mol. The van der Waals surface area contributed by atoms with E-state index in [0.29, 0.717) is 5.75 Å². The van der Waals surface area contributed by atoms with Crippen LogP contribution in [-0.4, -0.2) is 10.7 Å².